The van der Waals surface area contributed by atoms with Crippen molar-refractivity contribution in [3.8, 4) is 11.5 Å². The Morgan fingerprint density at radius 1 is 1.00 bits per heavy atom. The zero-order valence-electron chi connectivity index (χ0n) is 17.5. The first-order valence-electron chi connectivity index (χ1n) is 10.2. The molecule has 6 heteroatoms. The van der Waals surface area contributed by atoms with Crippen LogP contribution in [0.1, 0.15) is 11.3 Å². The number of ether oxygens (including phenoxy) is 2. The van der Waals surface area contributed by atoms with Gasteiger partial charge in [-0.15, -0.1) is 0 Å². The first kappa shape index (κ1) is 20.2. The molecule has 0 spiro atoms. The second-order valence-electron chi connectivity index (χ2n) is 7.60. The summed E-state index contributed by atoms with van der Waals surface area (Å²) < 4.78 is 11.1. The van der Waals surface area contributed by atoms with E-state index in [0.29, 0.717) is 24.6 Å². The van der Waals surface area contributed by atoms with Crippen LogP contribution >= 0.6 is 0 Å². The molecule has 6 nitrogen and oxygen atoms in total. The first-order valence-corrected chi connectivity index (χ1v) is 10.2. The molecule has 4 rings (SSSR count). The molecule has 1 aliphatic rings. The van der Waals surface area contributed by atoms with Crippen LogP contribution in [0.5, 0.6) is 11.5 Å². The molecule has 3 aromatic rings. The van der Waals surface area contributed by atoms with E-state index in [1.54, 1.807) is 7.11 Å². The Bertz CT molecular complexity index is 1030. The summed E-state index contributed by atoms with van der Waals surface area (Å²) in [7, 11) is 1.60. The molecule has 2 aromatic carbocycles. The number of benzene rings is 2. The molecular weight excluding hydrogens is 378 g/mol. The fourth-order valence-corrected chi connectivity index (χ4v) is 3.71. The lowest BCUT2D eigenvalue weighted by Gasteiger charge is -2.34. The van der Waals surface area contributed by atoms with Crippen LogP contribution in [0.3, 0.4) is 0 Å². The minimum absolute atomic E-state index is 0.00189. The zero-order chi connectivity index (χ0) is 20.9. The van der Waals surface area contributed by atoms with Gasteiger partial charge in [-0.3, -0.25) is 14.7 Å². The molecule has 1 amide bonds. The number of piperazine rings is 1. The highest BCUT2D eigenvalue weighted by Crippen LogP contribution is 2.27. The molecule has 1 aliphatic heterocycles. The van der Waals surface area contributed by atoms with Gasteiger partial charge in [-0.1, -0.05) is 30.3 Å². The van der Waals surface area contributed by atoms with Crippen molar-refractivity contribution in [3.63, 3.8) is 0 Å². The van der Waals surface area contributed by atoms with E-state index >= 15 is 0 Å². The number of para-hydroxylation sites is 1. The number of pyridine rings is 1. The van der Waals surface area contributed by atoms with Crippen molar-refractivity contribution in [2.75, 3.05) is 39.9 Å². The van der Waals surface area contributed by atoms with Crippen LogP contribution < -0.4 is 9.47 Å². The Hall–Kier alpha value is -3.12. The van der Waals surface area contributed by atoms with Crippen molar-refractivity contribution in [1.82, 2.24) is 14.8 Å². The van der Waals surface area contributed by atoms with E-state index in [9.17, 15) is 4.79 Å². The molecule has 0 radical (unpaired) electrons. The van der Waals surface area contributed by atoms with E-state index in [1.807, 2.05) is 48.2 Å². The Kier molecular flexibility index (Phi) is 6.14. The molecule has 1 aromatic heterocycles. The number of carbonyl (C=O) groups excluding carboxylic acids is 1. The van der Waals surface area contributed by atoms with Gasteiger partial charge in [0.25, 0.3) is 5.91 Å². The number of amides is 1. The van der Waals surface area contributed by atoms with E-state index in [0.717, 1.165) is 41.8 Å². The maximum atomic E-state index is 12.6. The van der Waals surface area contributed by atoms with Gasteiger partial charge in [0.2, 0.25) is 0 Å². The van der Waals surface area contributed by atoms with Gasteiger partial charge in [-0.25, -0.2) is 0 Å². The summed E-state index contributed by atoms with van der Waals surface area (Å²) in [5.74, 6) is 1.25. The molecule has 156 valence electrons. The molecule has 0 atom stereocenters. The van der Waals surface area contributed by atoms with Crippen LogP contribution in [0.25, 0.3) is 10.9 Å². The van der Waals surface area contributed by atoms with Gasteiger partial charge < -0.3 is 14.4 Å². The lowest BCUT2D eigenvalue weighted by Crippen LogP contribution is -2.49. The summed E-state index contributed by atoms with van der Waals surface area (Å²) in [6.07, 6.45) is 0. The largest absolute Gasteiger partial charge is 0.493 e. The predicted octanol–water partition coefficient (Wildman–Crippen LogP) is 3.28. The van der Waals surface area contributed by atoms with Crippen molar-refractivity contribution >= 4 is 16.8 Å². The predicted molar refractivity (Wildman–Crippen MR) is 117 cm³/mol. The molecule has 0 N–H and O–H groups in total. The van der Waals surface area contributed by atoms with E-state index in [1.165, 1.54) is 0 Å². The molecule has 1 fully saturated rings. The maximum absolute atomic E-state index is 12.6. The van der Waals surface area contributed by atoms with Crippen LogP contribution in [-0.2, 0) is 11.3 Å². The van der Waals surface area contributed by atoms with Crippen LogP contribution in [0.4, 0.5) is 0 Å². The average Bonchev–Trinajstić information content (AvgIpc) is 2.78. The monoisotopic (exact) mass is 405 g/mol. The maximum Gasteiger partial charge on any atom is 0.260 e. The lowest BCUT2D eigenvalue weighted by atomic mass is 10.2. The summed E-state index contributed by atoms with van der Waals surface area (Å²) in [5.41, 5.74) is 3.14. The van der Waals surface area contributed by atoms with Gasteiger partial charge in [0.1, 0.15) is 0 Å². The highest BCUT2D eigenvalue weighted by molar-refractivity contribution is 5.78. The third kappa shape index (κ3) is 4.71. The van der Waals surface area contributed by atoms with E-state index in [4.69, 9.17) is 14.5 Å². The second-order valence-corrected chi connectivity index (χ2v) is 7.60. The molecule has 0 saturated carbocycles. The first-order chi connectivity index (χ1) is 14.6. The topological polar surface area (TPSA) is 54.9 Å². The number of carbonyl (C=O) groups is 1. The summed E-state index contributed by atoms with van der Waals surface area (Å²) in [4.78, 5) is 21.6. The number of nitrogens with zero attached hydrogens (tertiary/aromatic N) is 3. The van der Waals surface area contributed by atoms with Gasteiger partial charge in [-0.2, -0.15) is 0 Å². The van der Waals surface area contributed by atoms with Gasteiger partial charge in [0, 0.05) is 38.1 Å². The zero-order valence-corrected chi connectivity index (χ0v) is 17.5. The van der Waals surface area contributed by atoms with Crippen LogP contribution in [0.2, 0.25) is 0 Å². The number of hydrogen-bond donors (Lipinski definition) is 0. The minimum Gasteiger partial charge on any atom is -0.493 e. The van der Waals surface area contributed by atoms with Crippen molar-refractivity contribution in [1.29, 1.82) is 0 Å². The van der Waals surface area contributed by atoms with Crippen molar-refractivity contribution in [2.45, 2.75) is 13.5 Å². The van der Waals surface area contributed by atoms with Crippen LogP contribution in [-0.4, -0.2) is 60.6 Å². The average molecular weight is 405 g/mol. The van der Waals surface area contributed by atoms with Crippen molar-refractivity contribution < 1.29 is 14.3 Å². The summed E-state index contributed by atoms with van der Waals surface area (Å²) >= 11 is 0. The van der Waals surface area contributed by atoms with Gasteiger partial charge in [0.15, 0.2) is 18.1 Å². The van der Waals surface area contributed by atoms with Crippen molar-refractivity contribution in [3.05, 3.63) is 65.9 Å². The molecule has 1 saturated heterocycles. The molecule has 0 aliphatic carbocycles. The number of aromatic nitrogens is 1. The molecule has 30 heavy (non-hydrogen) atoms. The van der Waals surface area contributed by atoms with Gasteiger partial charge in [-0.05, 0) is 36.8 Å². The number of aryl methyl sites for hydroxylation is 1. The number of methoxy groups -OCH3 is 1. The quantitative estimate of drug-likeness (QED) is 0.630. The molecule has 0 unspecified atom stereocenters. The summed E-state index contributed by atoms with van der Waals surface area (Å²) in [5, 5.41) is 1.15. The van der Waals surface area contributed by atoms with Gasteiger partial charge >= 0.3 is 0 Å². The van der Waals surface area contributed by atoms with Crippen LogP contribution in [0.15, 0.2) is 54.6 Å². The third-order valence-corrected chi connectivity index (χ3v) is 5.44. The molecule has 0 bridgehead atoms. The van der Waals surface area contributed by atoms with Crippen LogP contribution in [0, 0.1) is 6.92 Å². The lowest BCUT2D eigenvalue weighted by molar-refractivity contribution is -0.135. The smallest absolute Gasteiger partial charge is 0.260 e. The molecule has 2 heterocycles. The Labute approximate surface area is 177 Å². The second kappa shape index (κ2) is 9.13. The fourth-order valence-electron chi connectivity index (χ4n) is 3.71. The highest BCUT2D eigenvalue weighted by atomic mass is 16.5. The standard InChI is InChI=1S/C24H27N3O3/c1-18-7-10-22(29-2)23(15-18)30-17-24(28)27-13-11-26(12-14-27)16-20-9-8-19-5-3-4-6-21(19)25-20/h3-10,15H,11-14,16-17H2,1-2H3. The van der Waals surface area contributed by atoms with E-state index in [2.05, 4.69) is 23.1 Å². The van der Waals surface area contributed by atoms with E-state index < -0.39 is 0 Å². The van der Waals surface area contributed by atoms with Crippen molar-refractivity contribution in [2.24, 2.45) is 0 Å². The normalized spacial score (nSPS) is 14.7. The number of hydrogen-bond acceptors (Lipinski definition) is 5. The third-order valence-electron chi connectivity index (χ3n) is 5.44. The van der Waals surface area contributed by atoms with E-state index in [-0.39, 0.29) is 12.5 Å². The summed E-state index contributed by atoms with van der Waals surface area (Å²) in [6.45, 7) is 5.84. The SMILES string of the molecule is COc1ccc(C)cc1OCC(=O)N1CCN(Cc2ccc3ccccc3n2)CC1. The minimum atomic E-state index is 0.00189. The number of fused-ring (bicyclic) bond motifs is 1. The number of rotatable bonds is 6. The Morgan fingerprint density at radius 3 is 2.60 bits per heavy atom. The molecular formula is C24H27N3O3. The Morgan fingerprint density at radius 2 is 1.80 bits per heavy atom. The highest BCUT2D eigenvalue weighted by Gasteiger charge is 2.22. The Balaban J connectivity index is 1.28. The summed E-state index contributed by atoms with van der Waals surface area (Å²) in [6, 6.07) is 18.1. The van der Waals surface area contributed by atoms with Gasteiger partial charge in [0.05, 0.1) is 18.3 Å². The fraction of sp³-hybridized carbons (Fsp3) is 0.333.